The van der Waals surface area contributed by atoms with Crippen LogP contribution in [0.1, 0.15) is 0 Å². The first kappa shape index (κ1) is 15.5. The Morgan fingerprint density at radius 1 is 1.50 bits per heavy atom. The molecule has 1 fully saturated rings. The minimum absolute atomic E-state index is 0.0434. The highest BCUT2D eigenvalue weighted by atomic mass is 35.5. The molecule has 0 aliphatic carbocycles. The number of ether oxygens (including phenoxy) is 1. The molecule has 0 aromatic heterocycles. The average molecular weight is 319 g/mol. The van der Waals surface area contributed by atoms with E-state index < -0.39 is 0 Å². The van der Waals surface area contributed by atoms with Crippen LogP contribution in [0.3, 0.4) is 0 Å². The Balaban J connectivity index is 1.90. The van der Waals surface area contributed by atoms with Gasteiger partial charge in [0.05, 0.1) is 41.6 Å². The lowest BCUT2D eigenvalue weighted by atomic mass is 10.2. The van der Waals surface area contributed by atoms with Crippen molar-refractivity contribution in [2.24, 2.45) is 0 Å². The molecule has 1 aliphatic rings. The Morgan fingerprint density at radius 3 is 3.05 bits per heavy atom. The third kappa shape index (κ3) is 4.07. The number of benzene rings is 1. The summed E-state index contributed by atoms with van der Waals surface area (Å²) in [5, 5.41) is 12.5. The molecule has 0 bridgehead atoms. The number of nitrogens with zero attached hydrogens (tertiary/aromatic N) is 1. The van der Waals surface area contributed by atoms with Crippen LogP contribution in [0.2, 0.25) is 10.0 Å². The zero-order valence-electron chi connectivity index (χ0n) is 10.8. The summed E-state index contributed by atoms with van der Waals surface area (Å²) >= 11 is 11.9. The molecule has 1 aromatic carbocycles. The van der Waals surface area contributed by atoms with Crippen molar-refractivity contribution < 1.29 is 14.6 Å². The van der Waals surface area contributed by atoms with Gasteiger partial charge in [0.15, 0.2) is 0 Å². The van der Waals surface area contributed by atoms with Gasteiger partial charge in [-0.15, -0.1) is 0 Å². The second-order valence-electron chi connectivity index (χ2n) is 4.56. The third-order valence-electron chi connectivity index (χ3n) is 3.02. The first-order valence-electron chi connectivity index (χ1n) is 6.29. The van der Waals surface area contributed by atoms with Gasteiger partial charge in [0.1, 0.15) is 0 Å². The number of amides is 1. The number of halogens is 2. The average Bonchev–Trinajstić information content (AvgIpc) is 2.44. The number of anilines is 1. The molecule has 1 saturated heterocycles. The maximum absolute atomic E-state index is 12.0. The lowest BCUT2D eigenvalue weighted by Crippen LogP contribution is -2.46. The molecule has 1 amide bonds. The standard InChI is InChI=1S/C13H16Cl2N2O3/c14-10-2-1-3-11(13(10)15)16-12(19)7-17-4-5-20-9(6-17)8-18/h1-3,9,18H,4-8H2,(H,16,19). The Kier molecular flexibility index (Phi) is 5.63. The minimum atomic E-state index is -0.230. The Bertz CT molecular complexity index is 485. The fourth-order valence-electron chi connectivity index (χ4n) is 2.03. The minimum Gasteiger partial charge on any atom is -0.394 e. The van der Waals surface area contributed by atoms with Crippen LogP contribution in [0.4, 0.5) is 5.69 Å². The molecule has 1 unspecified atom stereocenters. The van der Waals surface area contributed by atoms with Crippen molar-refractivity contribution in [2.75, 3.05) is 38.2 Å². The summed E-state index contributed by atoms with van der Waals surface area (Å²) in [6.45, 7) is 1.89. The van der Waals surface area contributed by atoms with Gasteiger partial charge in [-0.2, -0.15) is 0 Å². The number of aliphatic hydroxyl groups is 1. The fourth-order valence-corrected chi connectivity index (χ4v) is 2.38. The lowest BCUT2D eigenvalue weighted by molar-refractivity contribution is -0.120. The zero-order valence-corrected chi connectivity index (χ0v) is 12.3. The molecule has 20 heavy (non-hydrogen) atoms. The quantitative estimate of drug-likeness (QED) is 0.885. The van der Waals surface area contributed by atoms with Crippen molar-refractivity contribution in [1.82, 2.24) is 4.90 Å². The van der Waals surface area contributed by atoms with Crippen molar-refractivity contribution in [3.05, 3.63) is 28.2 Å². The first-order chi connectivity index (χ1) is 9.60. The van der Waals surface area contributed by atoms with Gasteiger partial charge >= 0.3 is 0 Å². The van der Waals surface area contributed by atoms with Crippen molar-refractivity contribution in [2.45, 2.75) is 6.10 Å². The SMILES string of the molecule is O=C(CN1CCOC(CO)C1)Nc1cccc(Cl)c1Cl. The highest BCUT2D eigenvalue weighted by molar-refractivity contribution is 6.43. The van der Waals surface area contributed by atoms with Crippen LogP contribution in [0, 0.1) is 0 Å². The van der Waals surface area contributed by atoms with Crippen LogP contribution in [-0.2, 0) is 9.53 Å². The van der Waals surface area contributed by atoms with Gasteiger partial charge in [-0.3, -0.25) is 9.69 Å². The largest absolute Gasteiger partial charge is 0.394 e. The molecule has 2 N–H and O–H groups in total. The summed E-state index contributed by atoms with van der Waals surface area (Å²) in [6, 6.07) is 5.08. The van der Waals surface area contributed by atoms with Gasteiger partial charge in [0.25, 0.3) is 0 Å². The number of carbonyl (C=O) groups excluding carboxylic acids is 1. The van der Waals surface area contributed by atoms with E-state index in [0.717, 1.165) is 0 Å². The Hall–Kier alpha value is -0.850. The monoisotopic (exact) mass is 318 g/mol. The summed E-state index contributed by atoms with van der Waals surface area (Å²) < 4.78 is 5.33. The summed E-state index contributed by atoms with van der Waals surface area (Å²) in [5.74, 6) is -0.173. The van der Waals surface area contributed by atoms with Gasteiger partial charge in [-0.05, 0) is 12.1 Å². The molecule has 1 atom stereocenters. The predicted molar refractivity (Wildman–Crippen MR) is 78.4 cm³/mol. The van der Waals surface area contributed by atoms with Crippen molar-refractivity contribution in [3.63, 3.8) is 0 Å². The number of rotatable bonds is 4. The van der Waals surface area contributed by atoms with E-state index in [9.17, 15) is 4.79 Å². The van der Waals surface area contributed by atoms with Crippen LogP contribution in [0.15, 0.2) is 18.2 Å². The Labute approximate surface area is 127 Å². The molecular formula is C13H16Cl2N2O3. The highest BCUT2D eigenvalue weighted by Crippen LogP contribution is 2.29. The predicted octanol–water partition coefficient (Wildman–Crippen LogP) is 1.62. The molecule has 2 rings (SSSR count). The van der Waals surface area contributed by atoms with Crippen LogP contribution in [-0.4, -0.2) is 54.9 Å². The van der Waals surface area contributed by atoms with Crippen LogP contribution < -0.4 is 5.32 Å². The second-order valence-corrected chi connectivity index (χ2v) is 5.35. The smallest absolute Gasteiger partial charge is 0.238 e. The molecular weight excluding hydrogens is 303 g/mol. The molecule has 1 aromatic rings. The normalized spacial score (nSPS) is 19.9. The fraction of sp³-hybridized carbons (Fsp3) is 0.462. The summed E-state index contributed by atoms with van der Waals surface area (Å²) in [7, 11) is 0. The molecule has 1 heterocycles. The van der Waals surface area contributed by atoms with E-state index in [2.05, 4.69) is 5.32 Å². The molecule has 0 radical (unpaired) electrons. The summed E-state index contributed by atoms with van der Waals surface area (Å²) in [5.41, 5.74) is 0.496. The lowest BCUT2D eigenvalue weighted by Gasteiger charge is -2.31. The van der Waals surface area contributed by atoms with Crippen LogP contribution in [0.25, 0.3) is 0 Å². The van der Waals surface area contributed by atoms with Gasteiger partial charge in [0.2, 0.25) is 5.91 Å². The zero-order chi connectivity index (χ0) is 14.5. The van der Waals surface area contributed by atoms with E-state index in [4.69, 9.17) is 33.0 Å². The number of hydrogen-bond donors (Lipinski definition) is 2. The highest BCUT2D eigenvalue weighted by Gasteiger charge is 2.21. The molecule has 5 nitrogen and oxygen atoms in total. The molecule has 0 spiro atoms. The van der Waals surface area contributed by atoms with E-state index >= 15 is 0 Å². The maximum Gasteiger partial charge on any atom is 0.238 e. The Morgan fingerprint density at radius 2 is 2.30 bits per heavy atom. The molecule has 110 valence electrons. The van der Waals surface area contributed by atoms with E-state index in [1.165, 1.54) is 0 Å². The third-order valence-corrected chi connectivity index (χ3v) is 3.84. The maximum atomic E-state index is 12.0. The van der Waals surface area contributed by atoms with Gasteiger partial charge in [-0.1, -0.05) is 29.3 Å². The van der Waals surface area contributed by atoms with E-state index in [1.807, 2.05) is 4.90 Å². The first-order valence-corrected chi connectivity index (χ1v) is 7.04. The van der Waals surface area contributed by atoms with E-state index in [1.54, 1.807) is 18.2 Å². The van der Waals surface area contributed by atoms with Crippen LogP contribution in [0.5, 0.6) is 0 Å². The van der Waals surface area contributed by atoms with Crippen LogP contribution >= 0.6 is 23.2 Å². The van der Waals surface area contributed by atoms with Gasteiger partial charge in [-0.25, -0.2) is 0 Å². The molecule has 0 saturated carbocycles. The van der Waals surface area contributed by atoms with E-state index in [-0.39, 0.29) is 25.2 Å². The molecule has 7 heteroatoms. The van der Waals surface area contributed by atoms with Gasteiger partial charge < -0.3 is 15.2 Å². The van der Waals surface area contributed by atoms with Gasteiger partial charge in [0, 0.05) is 13.1 Å². The van der Waals surface area contributed by atoms with Crippen molar-refractivity contribution >= 4 is 34.8 Å². The molecule has 1 aliphatic heterocycles. The number of aliphatic hydroxyl groups excluding tert-OH is 1. The number of hydrogen-bond acceptors (Lipinski definition) is 4. The topological polar surface area (TPSA) is 61.8 Å². The van der Waals surface area contributed by atoms with Crippen molar-refractivity contribution in [3.8, 4) is 0 Å². The summed E-state index contributed by atoms with van der Waals surface area (Å²) in [6.07, 6.45) is -0.230. The number of morpholine rings is 1. The van der Waals surface area contributed by atoms with E-state index in [0.29, 0.717) is 35.4 Å². The summed E-state index contributed by atoms with van der Waals surface area (Å²) in [4.78, 5) is 13.9. The number of carbonyl (C=O) groups is 1. The number of nitrogens with one attached hydrogen (secondary N) is 1. The van der Waals surface area contributed by atoms with Crippen molar-refractivity contribution in [1.29, 1.82) is 0 Å². The second kappa shape index (κ2) is 7.24.